The van der Waals surface area contributed by atoms with Crippen molar-refractivity contribution in [3.8, 4) is 6.07 Å². The highest BCUT2D eigenvalue weighted by Gasteiger charge is 2.46. The van der Waals surface area contributed by atoms with Crippen LogP contribution in [0.5, 0.6) is 0 Å². The molecule has 1 aliphatic carbocycles. The van der Waals surface area contributed by atoms with Gasteiger partial charge in [-0.15, -0.1) is 0 Å². The SMILES string of the molecule is CN(C)CCNC1=C2CSCC23CC(=CC#N)C=CC3=NC=C1. The molecule has 120 valence electrons. The Bertz CT molecular complexity index is 676. The van der Waals surface area contributed by atoms with Crippen molar-refractivity contribution in [3.05, 3.63) is 47.3 Å². The van der Waals surface area contributed by atoms with E-state index >= 15 is 0 Å². The van der Waals surface area contributed by atoms with Gasteiger partial charge in [-0.25, -0.2) is 0 Å². The topological polar surface area (TPSA) is 51.4 Å². The molecule has 0 saturated carbocycles. The molecule has 1 atom stereocenters. The van der Waals surface area contributed by atoms with Crippen LogP contribution in [0, 0.1) is 16.7 Å². The van der Waals surface area contributed by atoms with Crippen molar-refractivity contribution in [2.24, 2.45) is 10.4 Å². The van der Waals surface area contributed by atoms with Crippen LogP contribution in [0.25, 0.3) is 0 Å². The molecule has 4 nitrogen and oxygen atoms in total. The molecule has 0 radical (unpaired) electrons. The van der Waals surface area contributed by atoms with E-state index in [0.717, 1.165) is 42.3 Å². The summed E-state index contributed by atoms with van der Waals surface area (Å²) in [6, 6.07) is 2.17. The molecule has 2 heterocycles. The highest BCUT2D eigenvalue weighted by atomic mass is 32.2. The van der Waals surface area contributed by atoms with Crippen molar-refractivity contribution in [3.63, 3.8) is 0 Å². The quantitative estimate of drug-likeness (QED) is 0.807. The maximum absolute atomic E-state index is 8.99. The molecule has 0 aromatic rings. The van der Waals surface area contributed by atoms with E-state index in [9.17, 15) is 0 Å². The fraction of sp³-hybridized carbons (Fsp3) is 0.444. The second kappa shape index (κ2) is 6.77. The number of nitrogens with zero attached hydrogens (tertiary/aromatic N) is 3. The molecular formula is C18H22N4S. The lowest BCUT2D eigenvalue weighted by atomic mass is 9.70. The first kappa shape index (κ1) is 16.1. The van der Waals surface area contributed by atoms with Gasteiger partial charge in [0.1, 0.15) is 0 Å². The van der Waals surface area contributed by atoms with Crippen LogP contribution in [0.4, 0.5) is 0 Å². The zero-order chi connectivity index (χ0) is 16.3. The molecule has 3 rings (SSSR count). The van der Waals surface area contributed by atoms with Crippen molar-refractivity contribution >= 4 is 17.5 Å². The van der Waals surface area contributed by atoms with Crippen LogP contribution < -0.4 is 5.32 Å². The van der Waals surface area contributed by atoms with Crippen molar-refractivity contribution in [2.45, 2.75) is 6.42 Å². The Kier molecular flexibility index (Phi) is 4.74. The summed E-state index contributed by atoms with van der Waals surface area (Å²) >= 11 is 1.96. The smallest absolute Gasteiger partial charge is 0.0914 e. The van der Waals surface area contributed by atoms with Gasteiger partial charge in [0.15, 0.2) is 0 Å². The second-order valence-corrected chi connectivity index (χ2v) is 7.37. The first-order valence-corrected chi connectivity index (χ1v) is 9.03. The van der Waals surface area contributed by atoms with Gasteiger partial charge in [-0.2, -0.15) is 17.0 Å². The highest BCUT2D eigenvalue weighted by Crippen LogP contribution is 2.50. The van der Waals surface area contributed by atoms with Crippen LogP contribution in [0.2, 0.25) is 0 Å². The second-order valence-electron chi connectivity index (χ2n) is 6.39. The molecule has 0 aromatic carbocycles. The number of rotatable bonds is 4. The lowest BCUT2D eigenvalue weighted by molar-refractivity contribution is 0.407. The van der Waals surface area contributed by atoms with Crippen molar-refractivity contribution in [2.75, 3.05) is 38.7 Å². The monoisotopic (exact) mass is 326 g/mol. The summed E-state index contributed by atoms with van der Waals surface area (Å²) < 4.78 is 0. The van der Waals surface area contributed by atoms with Crippen molar-refractivity contribution in [1.82, 2.24) is 10.2 Å². The Labute approximate surface area is 142 Å². The van der Waals surface area contributed by atoms with Gasteiger partial charge in [-0.05, 0) is 43.8 Å². The van der Waals surface area contributed by atoms with Gasteiger partial charge < -0.3 is 10.2 Å². The van der Waals surface area contributed by atoms with E-state index in [0.29, 0.717) is 0 Å². The molecule has 3 aliphatic rings. The molecule has 0 amide bonds. The molecule has 0 bridgehead atoms. The number of nitrogens with one attached hydrogen (secondary N) is 1. The van der Waals surface area contributed by atoms with Gasteiger partial charge in [-0.1, -0.05) is 6.08 Å². The Hall–Kier alpha value is -1.77. The third-order valence-electron chi connectivity index (χ3n) is 4.53. The maximum atomic E-state index is 8.99. The lowest BCUT2D eigenvalue weighted by Crippen LogP contribution is -2.36. The minimum Gasteiger partial charge on any atom is -0.384 e. The third kappa shape index (κ3) is 3.15. The van der Waals surface area contributed by atoms with Crippen LogP contribution >= 0.6 is 11.8 Å². The summed E-state index contributed by atoms with van der Waals surface area (Å²) in [6.07, 6.45) is 10.7. The average Bonchev–Trinajstić information content (AvgIpc) is 2.85. The Balaban J connectivity index is 1.94. The predicted molar refractivity (Wildman–Crippen MR) is 97.4 cm³/mol. The summed E-state index contributed by atoms with van der Waals surface area (Å²) in [6.45, 7) is 1.92. The van der Waals surface area contributed by atoms with E-state index in [4.69, 9.17) is 10.3 Å². The van der Waals surface area contributed by atoms with Gasteiger partial charge in [0, 0.05) is 48.0 Å². The summed E-state index contributed by atoms with van der Waals surface area (Å²) in [5.41, 5.74) is 4.82. The normalized spacial score (nSPS) is 27.6. The summed E-state index contributed by atoms with van der Waals surface area (Å²) in [4.78, 5) is 6.88. The molecule has 2 aliphatic heterocycles. The zero-order valence-corrected chi connectivity index (χ0v) is 14.5. The predicted octanol–water partition coefficient (Wildman–Crippen LogP) is 2.50. The van der Waals surface area contributed by atoms with E-state index < -0.39 is 0 Å². The van der Waals surface area contributed by atoms with Crippen molar-refractivity contribution < 1.29 is 0 Å². The summed E-state index contributed by atoms with van der Waals surface area (Å²) in [7, 11) is 4.17. The Morgan fingerprint density at radius 2 is 2.30 bits per heavy atom. The molecule has 23 heavy (non-hydrogen) atoms. The number of hydrogen-bond donors (Lipinski definition) is 1. The van der Waals surface area contributed by atoms with E-state index in [2.05, 4.69) is 42.5 Å². The number of likely N-dealkylation sites (N-methyl/N-ethyl adjacent to an activating group) is 1. The fourth-order valence-corrected chi connectivity index (χ4v) is 4.85. The minimum absolute atomic E-state index is 0.0496. The molecule has 0 aromatic heterocycles. The minimum atomic E-state index is -0.0496. The van der Waals surface area contributed by atoms with E-state index in [1.54, 1.807) is 6.08 Å². The first-order chi connectivity index (χ1) is 11.2. The molecule has 1 N–H and O–H groups in total. The van der Waals surface area contributed by atoms with E-state index in [-0.39, 0.29) is 5.41 Å². The fourth-order valence-electron chi connectivity index (χ4n) is 3.34. The standard InChI is InChI=1S/C18H22N4S/c1-22(2)10-9-20-16-6-8-21-17-4-3-14(5-7-19)11-18(17)13-23-12-15(16)18/h3-6,8,20H,9-13H2,1-2H3. The average molecular weight is 326 g/mol. The molecular weight excluding hydrogens is 304 g/mol. The largest absolute Gasteiger partial charge is 0.384 e. The van der Waals surface area contributed by atoms with Crippen LogP contribution in [0.3, 0.4) is 0 Å². The lowest BCUT2D eigenvalue weighted by Gasteiger charge is -2.34. The van der Waals surface area contributed by atoms with Gasteiger partial charge in [0.05, 0.1) is 11.8 Å². The number of thioether (sulfide) groups is 1. The molecule has 1 spiro atoms. The summed E-state index contributed by atoms with van der Waals surface area (Å²) in [5.74, 6) is 2.07. The molecule has 5 heteroatoms. The van der Waals surface area contributed by atoms with Crippen LogP contribution in [0.1, 0.15) is 6.42 Å². The number of aliphatic imine (C=N–C) groups is 1. The van der Waals surface area contributed by atoms with Crippen LogP contribution in [0.15, 0.2) is 52.3 Å². The first-order valence-electron chi connectivity index (χ1n) is 7.87. The number of allylic oxidation sites excluding steroid dienone is 5. The maximum Gasteiger partial charge on any atom is 0.0914 e. The van der Waals surface area contributed by atoms with E-state index in [1.807, 2.05) is 24.0 Å². The third-order valence-corrected chi connectivity index (χ3v) is 5.72. The van der Waals surface area contributed by atoms with E-state index in [1.165, 1.54) is 11.3 Å². The molecule has 1 saturated heterocycles. The van der Waals surface area contributed by atoms with Gasteiger partial charge in [-0.3, -0.25) is 4.99 Å². The molecule has 1 fully saturated rings. The highest BCUT2D eigenvalue weighted by molar-refractivity contribution is 7.99. The number of nitriles is 1. The Morgan fingerprint density at radius 3 is 3.09 bits per heavy atom. The van der Waals surface area contributed by atoms with Gasteiger partial charge in [0.2, 0.25) is 0 Å². The van der Waals surface area contributed by atoms with Crippen molar-refractivity contribution in [1.29, 1.82) is 5.26 Å². The summed E-state index contributed by atoms with van der Waals surface area (Å²) in [5, 5.41) is 12.6. The number of hydrogen-bond acceptors (Lipinski definition) is 5. The molecule has 1 unspecified atom stereocenters. The zero-order valence-electron chi connectivity index (χ0n) is 13.7. The van der Waals surface area contributed by atoms with Gasteiger partial charge >= 0.3 is 0 Å². The van der Waals surface area contributed by atoms with Crippen LogP contribution in [-0.2, 0) is 0 Å². The Morgan fingerprint density at radius 1 is 1.43 bits per heavy atom. The van der Waals surface area contributed by atoms with Crippen LogP contribution in [-0.4, -0.2) is 49.3 Å². The van der Waals surface area contributed by atoms with Gasteiger partial charge in [0.25, 0.3) is 0 Å².